The normalized spacial score (nSPS) is 10.4. The van der Waals surface area contributed by atoms with Crippen LogP contribution in [0.5, 0.6) is 0 Å². The van der Waals surface area contributed by atoms with Crippen molar-refractivity contribution in [2.75, 3.05) is 0 Å². The average molecular weight is 189 g/mol. The monoisotopic (exact) mass is 189 g/mol. The van der Waals surface area contributed by atoms with Crippen molar-refractivity contribution in [3.8, 4) is 6.07 Å². The summed E-state index contributed by atoms with van der Waals surface area (Å²) in [7, 11) is 0. The number of nitrogens with zero attached hydrogens (tertiary/aromatic N) is 1. The minimum atomic E-state index is -0.211. The van der Waals surface area contributed by atoms with Crippen LogP contribution in [0, 0.1) is 31.0 Å². The van der Waals surface area contributed by atoms with E-state index in [1.165, 1.54) is 12.1 Å². The maximum atomic E-state index is 12.9. The van der Waals surface area contributed by atoms with Crippen LogP contribution in [0.15, 0.2) is 18.2 Å². The molecule has 1 aromatic carbocycles. The lowest BCUT2D eigenvalue weighted by atomic mass is 10.0. The molecule has 0 aromatic heterocycles. The molecule has 0 bridgehead atoms. The van der Waals surface area contributed by atoms with Crippen LogP contribution in [-0.2, 0) is 0 Å². The fraction of sp³-hybridized carbons (Fsp3) is 0.250. The van der Waals surface area contributed by atoms with Crippen molar-refractivity contribution in [2.45, 2.75) is 20.3 Å². The summed E-state index contributed by atoms with van der Waals surface area (Å²) in [5.74, 6) is -0.211. The minimum Gasteiger partial charge on any atom is -0.207 e. The zero-order valence-electron chi connectivity index (χ0n) is 8.34. The average Bonchev–Trinajstić information content (AvgIpc) is 2.09. The zero-order chi connectivity index (χ0) is 10.6. The van der Waals surface area contributed by atoms with Crippen molar-refractivity contribution in [1.82, 2.24) is 0 Å². The van der Waals surface area contributed by atoms with Crippen molar-refractivity contribution in [2.24, 2.45) is 0 Å². The molecule has 0 saturated heterocycles. The molecule has 72 valence electrons. The molecule has 14 heavy (non-hydrogen) atoms. The third kappa shape index (κ3) is 2.43. The molecule has 0 N–H and O–H groups in total. The van der Waals surface area contributed by atoms with E-state index in [0.29, 0.717) is 6.42 Å². The summed E-state index contributed by atoms with van der Waals surface area (Å²) < 4.78 is 12.9. The molecule has 0 aliphatic carbocycles. The predicted octanol–water partition coefficient (Wildman–Crippen LogP) is 3.37. The number of benzene rings is 1. The van der Waals surface area contributed by atoms with Gasteiger partial charge in [0.15, 0.2) is 0 Å². The molecule has 2 heteroatoms. The first-order chi connectivity index (χ1) is 6.65. The molecule has 0 aliphatic rings. The molecule has 0 amide bonds. The minimum absolute atomic E-state index is 0.211. The molecular formula is C12H12FN. The first kappa shape index (κ1) is 10.5. The summed E-state index contributed by atoms with van der Waals surface area (Å²) in [5, 5.41) is 8.37. The highest BCUT2D eigenvalue weighted by molar-refractivity contribution is 5.57. The van der Waals surface area contributed by atoms with Gasteiger partial charge < -0.3 is 0 Å². The van der Waals surface area contributed by atoms with Gasteiger partial charge in [0.1, 0.15) is 5.82 Å². The summed E-state index contributed by atoms with van der Waals surface area (Å²) in [6, 6.07) is 5.03. The van der Waals surface area contributed by atoms with Crippen molar-refractivity contribution >= 4 is 6.08 Å². The zero-order valence-corrected chi connectivity index (χ0v) is 8.34. The number of nitriles is 1. The van der Waals surface area contributed by atoms with E-state index in [-0.39, 0.29) is 5.82 Å². The molecule has 0 spiro atoms. The highest BCUT2D eigenvalue weighted by Gasteiger charge is 2.01. The lowest BCUT2D eigenvalue weighted by Gasteiger charge is -2.04. The van der Waals surface area contributed by atoms with Gasteiger partial charge in [0.25, 0.3) is 0 Å². The van der Waals surface area contributed by atoms with Crippen molar-refractivity contribution in [3.63, 3.8) is 0 Å². The van der Waals surface area contributed by atoms with E-state index < -0.39 is 0 Å². The summed E-state index contributed by atoms with van der Waals surface area (Å²) in [6.45, 7) is 3.73. The van der Waals surface area contributed by atoms with Crippen LogP contribution in [0.2, 0.25) is 0 Å². The van der Waals surface area contributed by atoms with Crippen LogP contribution in [-0.4, -0.2) is 0 Å². The molecule has 1 aromatic rings. The Labute approximate surface area is 83.5 Å². The molecule has 0 saturated carbocycles. The molecular weight excluding hydrogens is 177 g/mol. The molecule has 0 radical (unpaired) electrons. The maximum Gasteiger partial charge on any atom is 0.123 e. The van der Waals surface area contributed by atoms with E-state index in [9.17, 15) is 4.39 Å². The Hall–Kier alpha value is -1.62. The third-order valence-corrected chi connectivity index (χ3v) is 2.05. The Bertz CT molecular complexity index is 376. The number of hydrogen-bond donors (Lipinski definition) is 0. The summed E-state index contributed by atoms with van der Waals surface area (Å²) >= 11 is 0. The van der Waals surface area contributed by atoms with Crippen molar-refractivity contribution < 1.29 is 4.39 Å². The molecule has 1 nitrogen and oxygen atoms in total. The second-order valence-corrected chi connectivity index (χ2v) is 3.22. The quantitative estimate of drug-likeness (QED) is 0.699. The van der Waals surface area contributed by atoms with Gasteiger partial charge in [0, 0.05) is 0 Å². The second-order valence-electron chi connectivity index (χ2n) is 3.22. The van der Waals surface area contributed by atoms with Crippen LogP contribution in [0.3, 0.4) is 0 Å². The van der Waals surface area contributed by atoms with E-state index in [4.69, 9.17) is 5.26 Å². The first-order valence-corrected chi connectivity index (χ1v) is 4.45. The number of rotatable bonds is 2. The molecule has 1 rings (SSSR count). The Morgan fingerprint density at radius 2 is 1.93 bits per heavy atom. The summed E-state index contributed by atoms with van der Waals surface area (Å²) in [5.41, 5.74) is 2.80. The van der Waals surface area contributed by atoms with Gasteiger partial charge in [0.05, 0.1) is 12.5 Å². The molecule has 0 fully saturated rings. The van der Waals surface area contributed by atoms with Crippen molar-refractivity contribution in [1.29, 1.82) is 5.26 Å². The fourth-order valence-electron chi connectivity index (χ4n) is 1.41. The van der Waals surface area contributed by atoms with Gasteiger partial charge in [-0.05, 0) is 42.7 Å². The van der Waals surface area contributed by atoms with Crippen LogP contribution in [0.1, 0.15) is 23.1 Å². The molecule has 0 atom stereocenters. The lowest BCUT2D eigenvalue weighted by Crippen LogP contribution is -1.88. The topological polar surface area (TPSA) is 23.8 Å². The highest BCUT2D eigenvalue weighted by atomic mass is 19.1. The molecule has 0 aliphatic heterocycles. The van der Waals surface area contributed by atoms with E-state index in [2.05, 4.69) is 0 Å². The van der Waals surface area contributed by atoms with Crippen LogP contribution < -0.4 is 0 Å². The van der Waals surface area contributed by atoms with Gasteiger partial charge in [-0.3, -0.25) is 0 Å². The SMILES string of the molecule is Cc1cc(F)cc(C)c1C=CCC#N. The third-order valence-electron chi connectivity index (χ3n) is 2.05. The largest absolute Gasteiger partial charge is 0.207 e. The van der Waals surface area contributed by atoms with Crippen LogP contribution in [0.4, 0.5) is 4.39 Å². The van der Waals surface area contributed by atoms with Crippen LogP contribution >= 0.6 is 0 Å². The fourth-order valence-corrected chi connectivity index (χ4v) is 1.41. The number of aryl methyl sites for hydroxylation is 2. The van der Waals surface area contributed by atoms with Gasteiger partial charge in [-0.2, -0.15) is 5.26 Å². The highest BCUT2D eigenvalue weighted by Crippen LogP contribution is 2.17. The molecule has 0 unspecified atom stereocenters. The van der Waals surface area contributed by atoms with Gasteiger partial charge >= 0.3 is 0 Å². The smallest absolute Gasteiger partial charge is 0.123 e. The Kier molecular flexibility index (Phi) is 3.41. The van der Waals surface area contributed by atoms with E-state index in [0.717, 1.165) is 16.7 Å². The lowest BCUT2D eigenvalue weighted by molar-refractivity contribution is 0.625. The van der Waals surface area contributed by atoms with Crippen LogP contribution in [0.25, 0.3) is 6.08 Å². The van der Waals surface area contributed by atoms with Crippen molar-refractivity contribution in [3.05, 3.63) is 40.7 Å². The predicted molar refractivity (Wildman–Crippen MR) is 55.1 cm³/mol. The van der Waals surface area contributed by atoms with E-state index in [1.54, 1.807) is 6.08 Å². The van der Waals surface area contributed by atoms with E-state index >= 15 is 0 Å². The first-order valence-electron chi connectivity index (χ1n) is 4.45. The number of allylic oxidation sites excluding steroid dienone is 1. The van der Waals surface area contributed by atoms with Gasteiger partial charge in [0.2, 0.25) is 0 Å². The summed E-state index contributed by atoms with van der Waals surface area (Å²) in [4.78, 5) is 0. The van der Waals surface area contributed by atoms with E-state index in [1.807, 2.05) is 26.0 Å². The second kappa shape index (κ2) is 4.57. The summed E-state index contributed by atoms with van der Waals surface area (Å²) in [6.07, 6.45) is 4.04. The van der Waals surface area contributed by atoms with Gasteiger partial charge in [-0.15, -0.1) is 0 Å². The Balaban J connectivity index is 3.04. The number of halogens is 1. The Morgan fingerprint density at radius 1 is 1.36 bits per heavy atom. The number of hydrogen-bond acceptors (Lipinski definition) is 1. The standard InChI is InChI=1S/C12H12FN/c1-9-7-11(13)8-10(2)12(9)5-3-4-6-14/h3,5,7-8H,4H2,1-2H3. The van der Waals surface area contributed by atoms with Gasteiger partial charge in [-0.25, -0.2) is 4.39 Å². The van der Waals surface area contributed by atoms with Gasteiger partial charge in [-0.1, -0.05) is 12.2 Å². The maximum absolute atomic E-state index is 12.9. The Morgan fingerprint density at radius 3 is 2.43 bits per heavy atom. The molecule has 0 heterocycles.